The van der Waals surface area contributed by atoms with Crippen LogP contribution < -0.4 is 10.2 Å². The maximum atomic E-state index is 4.94. The van der Waals surface area contributed by atoms with Crippen molar-refractivity contribution in [3.05, 3.63) is 29.5 Å². The topological polar surface area (TPSA) is 57.8 Å². The molecular formula is C20H30N6. The highest BCUT2D eigenvalue weighted by molar-refractivity contribution is 5.79. The first-order valence-electron chi connectivity index (χ1n) is 9.74. The van der Waals surface area contributed by atoms with Crippen molar-refractivity contribution in [3.8, 4) is 0 Å². The lowest BCUT2D eigenvalue weighted by molar-refractivity contribution is 0.573. The number of hydrogen-bond acceptors (Lipinski definition) is 5. The van der Waals surface area contributed by atoms with Crippen molar-refractivity contribution in [3.63, 3.8) is 0 Å². The monoisotopic (exact) mass is 354 g/mol. The second-order valence-electron chi connectivity index (χ2n) is 6.73. The van der Waals surface area contributed by atoms with Crippen LogP contribution in [0.2, 0.25) is 0 Å². The Labute approximate surface area is 156 Å². The molecule has 6 nitrogen and oxygen atoms in total. The van der Waals surface area contributed by atoms with Gasteiger partial charge in [0.1, 0.15) is 11.6 Å². The van der Waals surface area contributed by atoms with E-state index < -0.39 is 0 Å². The van der Waals surface area contributed by atoms with Crippen molar-refractivity contribution in [2.24, 2.45) is 4.99 Å². The highest BCUT2D eigenvalue weighted by Crippen LogP contribution is 2.24. The summed E-state index contributed by atoms with van der Waals surface area (Å²) < 4.78 is 1.93. The van der Waals surface area contributed by atoms with Crippen LogP contribution in [0.5, 0.6) is 0 Å². The van der Waals surface area contributed by atoms with Gasteiger partial charge in [-0.2, -0.15) is 9.61 Å². The minimum absolute atomic E-state index is 0.727. The Morgan fingerprint density at radius 1 is 1.27 bits per heavy atom. The van der Waals surface area contributed by atoms with Crippen LogP contribution in [0.1, 0.15) is 45.1 Å². The molecule has 1 N–H and O–H groups in total. The molecule has 1 fully saturated rings. The summed E-state index contributed by atoms with van der Waals surface area (Å²) in [6.07, 6.45) is 11.8. The molecule has 2 aromatic rings. The highest BCUT2D eigenvalue weighted by Gasteiger charge is 2.17. The summed E-state index contributed by atoms with van der Waals surface area (Å²) in [5.41, 5.74) is 3.33. The second kappa shape index (κ2) is 8.83. The standard InChI is InChI=1S/C20H30N6/c1-4-9-16(13-21-3)14-22-18-12-19(25-10-7-6-8-11-25)24-20-17(5-2)15-23-26(18)20/h9,12-13,15,22H,4-8,10-11,14H2,1-3H3/b16-9+,21-13?. The molecular weight excluding hydrogens is 324 g/mol. The number of piperidine rings is 1. The van der Waals surface area contributed by atoms with Gasteiger partial charge in [-0.25, -0.2) is 4.98 Å². The molecule has 26 heavy (non-hydrogen) atoms. The van der Waals surface area contributed by atoms with Crippen molar-refractivity contribution >= 4 is 23.5 Å². The molecule has 0 bridgehead atoms. The summed E-state index contributed by atoms with van der Waals surface area (Å²) in [6, 6.07) is 2.14. The SMILES string of the molecule is CC/C=C(\C=NC)CNc1cc(N2CCCCC2)nc2c(CC)cnn12. The van der Waals surface area contributed by atoms with E-state index >= 15 is 0 Å². The molecule has 2 aromatic heterocycles. The van der Waals surface area contributed by atoms with Crippen molar-refractivity contribution < 1.29 is 0 Å². The lowest BCUT2D eigenvalue weighted by Crippen LogP contribution is -2.30. The lowest BCUT2D eigenvalue weighted by Gasteiger charge is -2.28. The first-order valence-corrected chi connectivity index (χ1v) is 9.74. The van der Waals surface area contributed by atoms with Gasteiger partial charge in [-0.05, 0) is 37.7 Å². The number of aromatic nitrogens is 3. The van der Waals surface area contributed by atoms with Gasteiger partial charge in [0.25, 0.3) is 0 Å². The van der Waals surface area contributed by atoms with E-state index in [0.29, 0.717) is 0 Å². The maximum Gasteiger partial charge on any atom is 0.162 e. The van der Waals surface area contributed by atoms with Crippen LogP contribution in [-0.4, -0.2) is 47.5 Å². The van der Waals surface area contributed by atoms with Crippen LogP contribution in [0.25, 0.3) is 5.65 Å². The van der Waals surface area contributed by atoms with Crippen LogP contribution in [0.4, 0.5) is 11.6 Å². The summed E-state index contributed by atoms with van der Waals surface area (Å²) >= 11 is 0. The molecule has 3 rings (SSSR count). The Morgan fingerprint density at radius 3 is 2.77 bits per heavy atom. The molecule has 0 aromatic carbocycles. The molecule has 0 amide bonds. The lowest BCUT2D eigenvalue weighted by atomic mass is 10.1. The number of rotatable bonds is 7. The fraction of sp³-hybridized carbons (Fsp3) is 0.550. The molecule has 1 aliphatic rings. The van der Waals surface area contributed by atoms with Gasteiger partial charge in [-0.15, -0.1) is 0 Å². The number of aliphatic imine (C=N–C) groups is 1. The van der Waals surface area contributed by atoms with Gasteiger partial charge >= 0.3 is 0 Å². The molecule has 0 spiro atoms. The zero-order valence-corrected chi connectivity index (χ0v) is 16.2. The van der Waals surface area contributed by atoms with Crippen LogP contribution in [0.15, 0.2) is 28.9 Å². The minimum atomic E-state index is 0.727. The predicted octanol–water partition coefficient (Wildman–Crippen LogP) is 3.73. The van der Waals surface area contributed by atoms with E-state index in [-0.39, 0.29) is 0 Å². The Balaban J connectivity index is 1.94. The fourth-order valence-electron chi connectivity index (χ4n) is 3.45. The quantitative estimate of drug-likeness (QED) is 0.770. The normalized spacial score (nSPS) is 16.0. The Hall–Kier alpha value is -2.37. The van der Waals surface area contributed by atoms with E-state index in [4.69, 9.17) is 4.98 Å². The molecule has 1 aliphatic heterocycles. The fourth-order valence-corrected chi connectivity index (χ4v) is 3.45. The van der Waals surface area contributed by atoms with E-state index in [2.05, 4.69) is 46.3 Å². The Bertz CT molecular complexity index is 783. The first kappa shape index (κ1) is 18.4. The summed E-state index contributed by atoms with van der Waals surface area (Å²) in [5.74, 6) is 2.04. The predicted molar refractivity (Wildman–Crippen MR) is 110 cm³/mol. The van der Waals surface area contributed by atoms with Crippen molar-refractivity contribution in [1.82, 2.24) is 14.6 Å². The summed E-state index contributed by atoms with van der Waals surface area (Å²) in [7, 11) is 1.81. The van der Waals surface area contributed by atoms with E-state index in [1.54, 1.807) is 0 Å². The molecule has 0 unspecified atom stereocenters. The molecule has 0 aliphatic carbocycles. The van der Waals surface area contributed by atoms with Gasteiger partial charge in [-0.1, -0.05) is 19.9 Å². The van der Waals surface area contributed by atoms with Crippen LogP contribution in [0.3, 0.4) is 0 Å². The van der Waals surface area contributed by atoms with Crippen LogP contribution in [0, 0.1) is 0 Å². The van der Waals surface area contributed by atoms with E-state index in [1.165, 1.54) is 30.4 Å². The third kappa shape index (κ3) is 4.06. The zero-order valence-electron chi connectivity index (χ0n) is 16.2. The molecule has 1 saturated heterocycles. The molecule has 3 heterocycles. The Kier molecular flexibility index (Phi) is 6.26. The number of anilines is 2. The second-order valence-corrected chi connectivity index (χ2v) is 6.73. The number of nitrogens with zero attached hydrogens (tertiary/aromatic N) is 5. The third-order valence-corrected chi connectivity index (χ3v) is 4.83. The number of aryl methyl sites for hydroxylation is 1. The number of nitrogens with one attached hydrogen (secondary N) is 1. The van der Waals surface area contributed by atoms with E-state index in [1.807, 2.05) is 24.0 Å². The maximum absolute atomic E-state index is 4.94. The summed E-state index contributed by atoms with van der Waals surface area (Å²) in [5, 5.41) is 8.11. The summed E-state index contributed by atoms with van der Waals surface area (Å²) in [4.78, 5) is 11.5. The van der Waals surface area contributed by atoms with E-state index in [9.17, 15) is 0 Å². The smallest absolute Gasteiger partial charge is 0.162 e. The summed E-state index contributed by atoms with van der Waals surface area (Å²) in [6.45, 7) is 7.19. The van der Waals surface area contributed by atoms with Crippen LogP contribution in [-0.2, 0) is 6.42 Å². The van der Waals surface area contributed by atoms with E-state index in [0.717, 1.165) is 49.8 Å². The number of fused-ring (bicyclic) bond motifs is 1. The van der Waals surface area contributed by atoms with Gasteiger partial charge in [0.05, 0.1) is 6.20 Å². The van der Waals surface area contributed by atoms with Crippen molar-refractivity contribution in [1.29, 1.82) is 0 Å². The number of hydrogen-bond donors (Lipinski definition) is 1. The molecule has 0 saturated carbocycles. The average Bonchev–Trinajstić information content (AvgIpc) is 3.10. The van der Waals surface area contributed by atoms with Gasteiger partial charge in [0.2, 0.25) is 0 Å². The first-order chi connectivity index (χ1) is 12.8. The zero-order chi connectivity index (χ0) is 18.4. The largest absolute Gasteiger partial charge is 0.366 e. The van der Waals surface area contributed by atoms with Crippen molar-refractivity contribution in [2.45, 2.75) is 46.0 Å². The minimum Gasteiger partial charge on any atom is -0.366 e. The molecule has 0 atom stereocenters. The van der Waals surface area contributed by atoms with Gasteiger partial charge in [0.15, 0.2) is 5.65 Å². The number of allylic oxidation sites excluding steroid dienone is 1. The van der Waals surface area contributed by atoms with Crippen LogP contribution >= 0.6 is 0 Å². The highest BCUT2D eigenvalue weighted by atomic mass is 15.3. The third-order valence-electron chi connectivity index (χ3n) is 4.83. The van der Waals surface area contributed by atoms with Gasteiger partial charge < -0.3 is 10.2 Å². The van der Waals surface area contributed by atoms with Crippen molar-refractivity contribution in [2.75, 3.05) is 36.9 Å². The average molecular weight is 355 g/mol. The molecule has 140 valence electrons. The molecule has 6 heteroatoms. The van der Waals surface area contributed by atoms with Gasteiger partial charge in [0, 0.05) is 44.5 Å². The Morgan fingerprint density at radius 2 is 2.08 bits per heavy atom. The van der Waals surface area contributed by atoms with Gasteiger partial charge in [-0.3, -0.25) is 4.99 Å². The molecule has 0 radical (unpaired) electrons.